The average Bonchev–Trinajstić information content (AvgIpc) is 3.09. The number of hydrogen-bond acceptors (Lipinski definition) is 5. The van der Waals surface area contributed by atoms with E-state index in [-0.39, 0.29) is 17.2 Å². The molecule has 7 heteroatoms. The highest BCUT2D eigenvalue weighted by Gasteiger charge is 2.26. The molecule has 0 amide bonds. The predicted molar refractivity (Wildman–Crippen MR) is 102 cm³/mol. The molecule has 28 heavy (non-hydrogen) atoms. The van der Waals surface area contributed by atoms with Gasteiger partial charge in [-0.3, -0.25) is 4.90 Å². The Bertz CT molecular complexity index is 965. The van der Waals surface area contributed by atoms with Crippen LogP contribution in [0.4, 0.5) is 8.78 Å². The minimum Gasteiger partial charge on any atom is -0.496 e. The van der Waals surface area contributed by atoms with E-state index in [2.05, 4.69) is 21.1 Å². The molecule has 4 rings (SSSR count). The minimum atomic E-state index is -2.58. The van der Waals surface area contributed by atoms with Gasteiger partial charge in [0.25, 0.3) is 12.1 Å². The maximum atomic E-state index is 13.6. The van der Waals surface area contributed by atoms with E-state index in [0.29, 0.717) is 16.8 Å². The molecular weight excluding hydrogens is 364 g/mol. The highest BCUT2D eigenvalue weighted by molar-refractivity contribution is 5.80. The lowest BCUT2D eigenvalue weighted by atomic mass is 9.91. The van der Waals surface area contributed by atoms with Crippen molar-refractivity contribution in [3.63, 3.8) is 0 Å². The van der Waals surface area contributed by atoms with Gasteiger partial charge in [0.1, 0.15) is 5.75 Å². The average molecular weight is 387 g/mol. The van der Waals surface area contributed by atoms with Gasteiger partial charge < -0.3 is 9.26 Å². The fourth-order valence-electron chi connectivity index (χ4n) is 3.99. The molecule has 0 atom stereocenters. The molecule has 3 aromatic rings. The molecule has 148 valence electrons. The van der Waals surface area contributed by atoms with Gasteiger partial charge in [0.2, 0.25) is 0 Å². The molecule has 0 saturated carbocycles. The Morgan fingerprint density at radius 3 is 2.71 bits per heavy atom. The van der Waals surface area contributed by atoms with Crippen LogP contribution in [0.1, 0.15) is 47.7 Å². The van der Waals surface area contributed by atoms with Crippen LogP contribution >= 0.6 is 0 Å². The third-order valence-corrected chi connectivity index (χ3v) is 5.49. The number of rotatable bonds is 5. The quantitative estimate of drug-likeness (QED) is 0.626. The Morgan fingerprint density at radius 1 is 1.25 bits per heavy atom. The van der Waals surface area contributed by atoms with Crippen molar-refractivity contribution in [2.45, 2.75) is 38.7 Å². The van der Waals surface area contributed by atoms with Gasteiger partial charge in [-0.15, -0.1) is 0 Å². The SMILES string of the molecule is COc1ccccc1CN1CCC(c2cc(C(F)F)c3c(C)noc3n2)CC1. The zero-order valence-electron chi connectivity index (χ0n) is 16.0. The van der Waals surface area contributed by atoms with Crippen LogP contribution in [0, 0.1) is 6.92 Å². The third kappa shape index (κ3) is 3.58. The fourth-order valence-corrected chi connectivity index (χ4v) is 3.99. The van der Waals surface area contributed by atoms with Gasteiger partial charge in [0.15, 0.2) is 0 Å². The number of piperidine rings is 1. The number of ether oxygens (including phenoxy) is 1. The van der Waals surface area contributed by atoms with Crippen molar-refractivity contribution < 1.29 is 18.0 Å². The highest BCUT2D eigenvalue weighted by Crippen LogP contribution is 2.35. The lowest BCUT2D eigenvalue weighted by Crippen LogP contribution is -2.32. The second-order valence-electron chi connectivity index (χ2n) is 7.25. The summed E-state index contributed by atoms with van der Waals surface area (Å²) < 4.78 is 37.7. The second-order valence-corrected chi connectivity index (χ2v) is 7.25. The van der Waals surface area contributed by atoms with Crippen LogP contribution in [0.2, 0.25) is 0 Å². The van der Waals surface area contributed by atoms with Crippen LogP contribution in [0.5, 0.6) is 5.75 Å². The number of methoxy groups -OCH3 is 1. The highest BCUT2D eigenvalue weighted by atomic mass is 19.3. The number of halogens is 2. The topological polar surface area (TPSA) is 51.4 Å². The Morgan fingerprint density at radius 2 is 2.00 bits per heavy atom. The van der Waals surface area contributed by atoms with E-state index in [0.717, 1.165) is 43.8 Å². The van der Waals surface area contributed by atoms with Gasteiger partial charge in [-0.1, -0.05) is 23.4 Å². The Balaban J connectivity index is 1.49. The number of likely N-dealkylation sites (tertiary alicyclic amines) is 1. The Hall–Kier alpha value is -2.54. The van der Waals surface area contributed by atoms with Gasteiger partial charge in [-0.2, -0.15) is 0 Å². The van der Waals surface area contributed by atoms with E-state index in [9.17, 15) is 8.78 Å². The number of alkyl halides is 2. The molecule has 1 aliphatic rings. The molecule has 0 N–H and O–H groups in total. The molecule has 1 aliphatic heterocycles. The lowest BCUT2D eigenvalue weighted by molar-refractivity contribution is 0.152. The van der Waals surface area contributed by atoms with Crippen molar-refractivity contribution in [2.75, 3.05) is 20.2 Å². The maximum absolute atomic E-state index is 13.6. The van der Waals surface area contributed by atoms with Crippen molar-refractivity contribution in [1.82, 2.24) is 15.0 Å². The molecule has 1 saturated heterocycles. The van der Waals surface area contributed by atoms with Gasteiger partial charge in [-0.05, 0) is 45.0 Å². The van der Waals surface area contributed by atoms with Crippen LogP contribution in [0.15, 0.2) is 34.9 Å². The summed E-state index contributed by atoms with van der Waals surface area (Å²) in [5, 5.41) is 4.15. The van der Waals surface area contributed by atoms with Crippen LogP contribution in [-0.2, 0) is 6.54 Å². The number of aryl methyl sites for hydroxylation is 1. The third-order valence-electron chi connectivity index (χ3n) is 5.49. The first kappa shape index (κ1) is 18.8. The van der Waals surface area contributed by atoms with Gasteiger partial charge in [0, 0.05) is 29.3 Å². The number of aromatic nitrogens is 2. The molecule has 2 aromatic heterocycles. The molecule has 0 aliphatic carbocycles. The standard InChI is InChI=1S/C21H23F2N3O2/c1-13-19-16(20(22)23)11-17(24-21(19)28-25-13)14-7-9-26(10-8-14)12-15-5-3-4-6-18(15)27-2/h3-6,11,14,20H,7-10,12H2,1-2H3. The van der Waals surface area contributed by atoms with Crippen molar-refractivity contribution in [3.05, 3.63) is 52.8 Å². The number of para-hydroxylation sites is 1. The van der Waals surface area contributed by atoms with Crippen LogP contribution < -0.4 is 4.74 Å². The summed E-state index contributed by atoms with van der Waals surface area (Å²) in [5.74, 6) is 1.03. The van der Waals surface area contributed by atoms with Crippen molar-refractivity contribution in [3.8, 4) is 5.75 Å². The molecule has 1 aromatic carbocycles. The van der Waals surface area contributed by atoms with E-state index in [4.69, 9.17) is 9.26 Å². The van der Waals surface area contributed by atoms with Crippen LogP contribution in [0.25, 0.3) is 11.1 Å². The normalized spacial score (nSPS) is 16.2. The first-order chi connectivity index (χ1) is 13.6. The summed E-state index contributed by atoms with van der Waals surface area (Å²) in [6.45, 7) is 4.23. The summed E-state index contributed by atoms with van der Waals surface area (Å²) >= 11 is 0. The van der Waals surface area contributed by atoms with Gasteiger partial charge >= 0.3 is 0 Å². The molecule has 0 unspecified atom stereocenters. The number of fused-ring (bicyclic) bond motifs is 1. The Kier molecular flexibility index (Phi) is 5.26. The Labute approximate surface area is 162 Å². The maximum Gasteiger partial charge on any atom is 0.264 e. The number of nitrogens with zero attached hydrogens (tertiary/aromatic N) is 3. The van der Waals surface area contributed by atoms with Crippen molar-refractivity contribution in [1.29, 1.82) is 0 Å². The molecule has 5 nitrogen and oxygen atoms in total. The van der Waals surface area contributed by atoms with E-state index >= 15 is 0 Å². The largest absolute Gasteiger partial charge is 0.496 e. The van der Waals surface area contributed by atoms with Crippen LogP contribution in [0.3, 0.4) is 0 Å². The van der Waals surface area contributed by atoms with E-state index in [1.54, 1.807) is 14.0 Å². The van der Waals surface area contributed by atoms with Crippen molar-refractivity contribution in [2.24, 2.45) is 0 Å². The van der Waals surface area contributed by atoms with E-state index in [1.807, 2.05) is 18.2 Å². The number of hydrogen-bond donors (Lipinski definition) is 0. The van der Waals surface area contributed by atoms with Crippen LogP contribution in [-0.4, -0.2) is 35.2 Å². The molecule has 0 bridgehead atoms. The zero-order valence-corrected chi connectivity index (χ0v) is 16.0. The summed E-state index contributed by atoms with van der Waals surface area (Å²) in [6.07, 6.45) is -0.847. The molecular formula is C21H23F2N3O2. The molecule has 0 radical (unpaired) electrons. The van der Waals surface area contributed by atoms with Gasteiger partial charge in [-0.25, -0.2) is 13.8 Å². The van der Waals surface area contributed by atoms with E-state index in [1.165, 1.54) is 6.07 Å². The van der Waals surface area contributed by atoms with E-state index < -0.39 is 6.43 Å². The number of benzene rings is 1. The molecule has 0 spiro atoms. The lowest BCUT2D eigenvalue weighted by Gasteiger charge is -2.32. The first-order valence-electron chi connectivity index (χ1n) is 9.46. The monoisotopic (exact) mass is 387 g/mol. The smallest absolute Gasteiger partial charge is 0.264 e. The zero-order chi connectivity index (χ0) is 19.7. The molecule has 1 fully saturated rings. The first-order valence-corrected chi connectivity index (χ1v) is 9.46. The predicted octanol–water partition coefficient (Wildman–Crippen LogP) is 4.86. The van der Waals surface area contributed by atoms with Crippen molar-refractivity contribution >= 4 is 11.1 Å². The summed E-state index contributed by atoms with van der Waals surface area (Å²) in [7, 11) is 1.68. The fraction of sp³-hybridized carbons (Fsp3) is 0.429. The van der Waals surface area contributed by atoms with Gasteiger partial charge in [0.05, 0.1) is 18.2 Å². The number of pyridine rings is 1. The summed E-state index contributed by atoms with van der Waals surface area (Å²) in [5.41, 5.74) is 2.46. The second kappa shape index (κ2) is 7.83. The summed E-state index contributed by atoms with van der Waals surface area (Å²) in [6, 6.07) is 9.54. The summed E-state index contributed by atoms with van der Waals surface area (Å²) in [4.78, 5) is 6.86. The minimum absolute atomic E-state index is 0.0322. The molecule has 3 heterocycles.